The maximum Gasteiger partial charge on any atom is 0.287 e. The van der Waals surface area contributed by atoms with Gasteiger partial charge >= 0.3 is 0 Å². The van der Waals surface area contributed by atoms with Gasteiger partial charge in [-0.1, -0.05) is 71.6 Å². The minimum atomic E-state index is -3.35. The average molecular weight is 716 g/mol. The maximum atomic E-state index is 14.6. The van der Waals surface area contributed by atoms with Gasteiger partial charge in [0.2, 0.25) is 11.7 Å². The number of ketones is 3. The van der Waals surface area contributed by atoms with Gasteiger partial charge in [-0.25, -0.2) is 8.42 Å². The van der Waals surface area contributed by atoms with Crippen LogP contribution in [0.5, 0.6) is 0 Å². The summed E-state index contributed by atoms with van der Waals surface area (Å²) in [4.78, 5) is 73.0. The maximum absolute atomic E-state index is 14.6. The second kappa shape index (κ2) is 15.1. The van der Waals surface area contributed by atoms with Crippen LogP contribution in [0.1, 0.15) is 129 Å². The zero-order chi connectivity index (χ0) is 35.8. The fraction of sp³-hybridized carbons (Fsp3) is 0.872. The van der Waals surface area contributed by atoms with E-state index in [2.05, 4.69) is 24.1 Å². The summed E-state index contributed by atoms with van der Waals surface area (Å²) in [7, 11) is -1.39. The first-order chi connectivity index (χ1) is 23.7. The van der Waals surface area contributed by atoms with Gasteiger partial charge in [-0.3, -0.25) is 24.0 Å². The van der Waals surface area contributed by atoms with Crippen LogP contribution in [0.15, 0.2) is 0 Å². The first-order valence-corrected chi connectivity index (χ1v) is 21.5. The Kier molecular flexibility index (Phi) is 11.3. The van der Waals surface area contributed by atoms with E-state index in [1.807, 2.05) is 7.05 Å². The van der Waals surface area contributed by atoms with Gasteiger partial charge in [-0.2, -0.15) is 0 Å². The van der Waals surface area contributed by atoms with Crippen molar-refractivity contribution < 1.29 is 32.4 Å². The highest BCUT2D eigenvalue weighted by Crippen LogP contribution is 2.65. The van der Waals surface area contributed by atoms with Crippen molar-refractivity contribution in [3.05, 3.63) is 0 Å². The normalized spacial score (nSPS) is 34.8. The van der Waals surface area contributed by atoms with Crippen molar-refractivity contribution >= 4 is 39.0 Å². The molecule has 6 aliphatic rings. The van der Waals surface area contributed by atoms with E-state index in [-0.39, 0.29) is 65.8 Å². The van der Waals surface area contributed by atoms with E-state index in [4.69, 9.17) is 0 Å². The lowest BCUT2D eigenvalue weighted by molar-refractivity contribution is -0.146. The van der Waals surface area contributed by atoms with E-state index < -0.39 is 50.1 Å². The number of nitrogens with zero attached hydrogens (tertiary/aromatic N) is 2. The van der Waals surface area contributed by atoms with Crippen LogP contribution in [0, 0.1) is 34.5 Å². The Labute approximate surface area is 299 Å². The zero-order valence-electron chi connectivity index (χ0n) is 30.8. The average Bonchev–Trinajstić information content (AvgIpc) is 3.92. The number of carbonyl (C=O) groups is 5. The summed E-state index contributed by atoms with van der Waals surface area (Å²) in [5.41, 5.74) is -0.697. The summed E-state index contributed by atoms with van der Waals surface area (Å²) >= 11 is 0. The third-order valence-corrected chi connectivity index (χ3v) is 16.0. The molecule has 10 nitrogen and oxygen atoms in total. The van der Waals surface area contributed by atoms with E-state index in [0.717, 1.165) is 83.5 Å². The van der Waals surface area contributed by atoms with Gasteiger partial charge in [0.1, 0.15) is 5.78 Å². The molecule has 3 heterocycles. The summed E-state index contributed by atoms with van der Waals surface area (Å²) in [6, 6.07) is -0.596. The van der Waals surface area contributed by atoms with Crippen LogP contribution in [0.3, 0.4) is 0 Å². The Morgan fingerprint density at radius 3 is 2.18 bits per heavy atom. The number of sulfone groups is 1. The van der Waals surface area contributed by atoms with Gasteiger partial charge in [0.25, 0.3) is 5.91 Å². The predicted octanol–water partition coefficient (Wildman–Crippen LogP) is 4.67. The van der Waals surface area contributed by atoms with Crippen LogP contribution in [-0.4, -0.2) is 97.2 Å². The predicted molar refractivity (Wildman–Crippen MR) is 191 cm³/mol. The lowest BCUT2D eigenvalue weighted by Gasteiger charge is -2.46. The Hall–Kier alpha value is -2.14. The van der Waals surface area contributed by atoms with Gasteiger partial charge in [0.05, 0.1) is 17.0 Å². The fourth-order valence-corrected chi connectivity index (χ4v) is 12.8. The first-order valence-electron chi connectivity index (χ1n) is 19.8. The molecule has 280 valence electrons. The number of carbonyl (C=O) groups excluding carboxylic acids is 5. The molecule has 6 rings (SSSR count). The van der Waals surface area contributed by atoms with Gasteiger partial charge < -0.3 is 15.1 Å². The molecule has 6 atom stereocenters. The fourth-order valence-electron chi connectivity index (χ4n) is 10.4. The van der Waals surface area contributed by atoms with Gasteiger partial charge in [0.15, 0.2) is 15.6 Å². The molecule has 0 aromatic rings. The molecular weight excluding hydrogens is 655 g/mol. The van der Waals surface area contributed by atoms with Gasteiger partial charge in [0, 0.05) is 56.8 Å². The van der Waals surface area contributed by atoms with Crippen LogP contribution < -0.4 is 5.32 Å². The van der Waals surface area contributed by atoms with Crippen molar-refractivity contribution in [2.45, 2.75) is 147 Å². The second-order valence-corrected chi connectivity index (χ2v) is 20.0. The molecule has 1 N–H and O–H groups in total. The summed E-state index contributed by atoms with van der Waals surface area (Å²) in [6.45, 7) is 5.70. The Balaban J connectivity index is 1.22. The number of rotatable bonds is 8. The smallest absolute Gasteiger partial charge is 0.287 e. The summed E-state index contributed by atoms with van der Waals surface area (Å²) in [6.07, 6.45) is 12.7. The molecule has 6 fully saturated rings. The van der Waals surface area contributed by atoms with Crippen molar-refractivity contribution in [1.29, 1.82) is 0 Å². The Morgan fingerprint density at radius 1 is 0.860 bits per heavy atom. The lowest BCUT2D eigenvalue weighted by Crippen LogP contribution is -2.54. The summed E-state index contributed by atoms with van der Waals surface area (Å²) < 4.78 is 26.9. The molecule has 11 heteroatoms. The zero-order valence-corrected chi connectivity index (χ0v) is 31.6. The largest absolute Gasteiger partial charge is 0.347 e. The SMILES string of the molecule is CN1CCS(=O)(=O)[C@@H](C2(CC(=O)C[C@H]3CCCCCCCC[C@@H](C(=O)C(=O)NC4CC4)CC(=O)[C@@H]4[C@@H]5[C@H](CN4C3=O)C5(C)C)CCCCC2)C1. The monoisotopic (exact) mass is 715 g/mol. The van der Waals surface area contributed by atoms with Crippen molar-refractivity contribution in [2.75, 3.05) is 32.4 Å². The highest BCUT2D eigenvalue weighted by atomic mass is 32.2. The molecular formula is C39H61N3O7S. The number of piperidine rings is 1. The molecule has 0 aromatic carbocycles. The minimum absolute atomic E-state index is 0.000957. The number of amides is 2. The van der Waals surface area contributed by atoms with E-state index >= 15 is 0 Å². The van der Waals surface area contributed by atoms with Crippen LogP contribution in [0.4, 0.5) is 0 Å². The molecule has 3 saturated carbocycles. The van der Waals surface area contributed by atoms with Gasteiger partial charge in [-0.05, 0) is 68.2 Å². The van der Waals surface area contributed by atoms with Crippen molar-refractivity contribution in [1.82, 2.24) is 15.1 Å². The number of fused-ring (bicyclic) bond motifs is 3. The minimum Gasteiger partial charge on any atom is -0.347 e. The van der Waals surface area contributed by atoms with Crippen LogP contribution >= 0.6 is 0 Å². The number of hydrogen-bond acceptors (Lipinski definition) is 8. The van der Waals surface area contributed by atoms with E-state index in [1.54, 1.807) is 4.90 Å². The number of nitrogens with one attached hydrogen (secondary N) is 1. The molecule has 0 bridgehead atoms. The molecule has 2 amide bonds. The molecule has 3 saturated heterocycles. The lowest BCUT2D eigenvalue weighted by atomic mass is 9.67. The molecule has 50 heavy (non-hydrogen) atoms. The van der Waals surface area contributed by atoms with Crippen molar-refractivity contribution in [2.24, 2.45) is 34.5 Å². The highest BCUT2D eigenvalue weighted by molar-refractivity contribution is 7.92. The van der Waals surface area contributed by atoms with Gasteiger partial charge in [-0.15, -0.1) is 0 Å². The van der Waals surface area contributed by atoms with E-state index in [9.17, 15) is 32.4 Å². The summed E-state index contributed by atoms with van der Waals surface area (Å²) in [5.74, 6) is -2.37. The summed E-state index contributed by atoms with van der Waals surface area (Å²) in [5, 5.41) is 2.24. The molecule has 3 aliphatic heterocycles. The molecule has 0 radical (unpaired) electrons. The molecule has 0 aromatic heterocycles. The quantitative estimate of drug-likeness (QED) is 0.358. The van der Waals surface area contributed by atoms with E-state index in [1.165, 1.54) is 0 Å². The standard InChI is InChI=1S/C39H61N3O7S/c1-38(2)30-24-42-34(33(30)38)31(44)22-26(35(45)36(46)40-28-15-16-28)13-9-6-4-5-7-10-14-27(37(42)47)21-29(43)23-39(17-11-8-12-18-39)32-25-41(3)19-20-50(32,48)49/h26-28,30,32-34H,4-25H2,1-3H3,(H,40,46)/t26-,27-,30+,32-,33+,34-/m1/s1. The Morgan fingerprint density at radius 2 is 1.50 bits per heavy atom. The van der Waals surface area contributed by atoms with Crippen LogP contribution in [0.25, 0.3) is 0 Å². The molecule has 3 aliphatic carbocycles. The third-order valence-electron chi connectivity index (χ3n) is 13.7. The van der Waals surface area contributed by atoms with Crippen LogP contribution in [-0.2, 0) is 33.8 Å². The number of Topliss-reactive ketones (excluding diaryl/α,β-unsaturated/α-hetero) is 3. The van der Waals surface area contributed by atoms with Crippen LogP contribution in [0.2, 0.25) is 0 Å². The molecule has 0 unspecified atom stereocenters. The Bertz CT molecular complexity index is 1430. The molecule has 0 spiro atoms. The van der Waals surface area contributed by atoms with Crippen molar-refractivity contribution in [3.63, 3.8) is 0 Å². The second-order valence-electron chi connectivity index (χ2n) is 17.7. The van der Waals surface area contributed by atoms with E-state index in [0.29, 0.717) is 32.5 Å². The third kappa shape index (κ3) is 8.08. The first kappa shape index (κ1) is 37.6. The van der Waals surface area contributed by atoms with Crippen molar-refractivity contribution in [3.8, 4) is 0 Å². The highest BCUT2D eigenvalue weighted by Gasteiger charge is 2.69. The topological polar surface area (TPSA) is 138 Å². The number of hydrogen-bond donors (Lipinski definition) is 1.